The molecule has 28 heavy (non-hydrogen) atoms. The zero-order valence-corrected chi connectivity index (χ0v) is 13.9. The Kier molecular flexibility index (Phi) is 3.88. The highest BCUT2D eigenvalue weighted by Gasteiger charge is 2.33. The molecular formula is C19H11F3N2O4. The van der Waals surface area contributed by atoms with Gasteiger partial charge >= 0.3 is 6.18 Å². The molecule has 142 valence electrons. The number of aromatic nitrogens is 1. The molecule has 0 aliphatic carbocycles. The Balaban J connectivity index is 1.78. The van der Waals surface area contributed by atoms with E-state index in [9.17, 15) is 28.2 Å². The smallest absolute Gasteiger partial charge is 0.416 e. The minimum absolute atomic E-state index is 0.0810. The number of benzene rings is 2. The van der Waals surface area contributed by atoms with E-state index in [4.69, 9.17) is 4.42 Å². The zero-order chi connectivity index (χ0) is 20.1. The summed E-state index contributed by atoms with van der Waals surface area (Å²) < 4.78 is 44.0. The third-order valence-electron chi connectivity index (χ3n) is 4.21. The summed E-state index contributed by atoms with van der Waals surface area (Å²) in [6.07, 6.45) is -1.64. The zero-order valence-electron chi connectivity index (χ0n) is 13.9. The lowest BCUT2D eigenvalue weighted by Crippen LogP contribution is -2.14. The normalized spacial score (nSPS) is 11.8. The van der Waals surface area contributed by atoms with Crippen molar-refractivity contribution >= 4 is 22.8 Å². The van der Waals surface area contributed by atoms with Crippen molar-refractivity contribution in [2.45, 2.75) is 6.18 Å². The van der Waals surface area contributed by atoms with Gasteiger partial charge in [-0.2, -0.15) is 13.2 Å². The van der Waals surface area contributed by atoms with Crippen LogP contribution in [0.2, 0.25) is 0 Å². The summed E-state index contributed by atoms with van der Waals surface area (Å²) in [6.45, 7) is 0. The molecule has 0 unspecified atom stereocenters. The second kappa shape index (κ2) is 6.15. The number of hydrogen-bond acceptors (Lipinski definition) is 5. The van der Waals surface area contributed by atoms with Gasteiger partial charge in [-0.1, -0.05) is 6.07 Å². The number of carbonyl (C=O) groups is 1. The highest BCUT2D eigenvalue weighted by atomic mass is 19.4. The van der Waals surface area contributed by atoms with Gasteiger partial charge in [0.05, 0.1) is 11.1 Å². The van der Waals surface area contributed by atoms with E-state index in [1.54, 1.807) is 12.1 Å². The van der Waals surface area contributed by atoms with Crippen LogP contribution in [0.4, 0.5) is 18.9 Å². The number of rotatable bonds is 3. The van der Waals surface area contributed by atoms with Gasteiger partial charge in [-0.25, -0.2) is 0 Å². The molecule has 1 aromatic carbocycles. The number of fused-ring (bicyclic) bond motifs is 2. The van der Waals surface area contributed by atoms with Crippen LogP contribution in [0.5, 0.6) is 11.5 Å². The van der Waals surface area contributed by atoms with Crippen molar-refractivity contribution in [2.24, 2.45) is 0 Å². The molecule has 0 aliphatic heterocycles. The Morgan fingerprint density at radius 2 is 1.71 bits per heavy atom. The van der Waals surface area contributed by atoms with E-state index >= 15 is 0 Å². The summed E-state index contributed by atoms with van der Waals surface area (Å²) >= 11 is 0. The summed E-state index contributed by atoms with van der Waals surface area (Å²) in [7, 11) is 0. The molecule has 6 nitrogen and oxygen atoms in total. The first-order chi connectivity index (χ1) is 13.3. The number of anilines is 1. The van der Waals surface area contributed by atoms with Crippen LogP contribution in [0.3, 0.4) is 0 Å². The summed E-state index contributed by atoms with van der Waals surface area (Å²) in [5, 5.41) is 22.3. The third kappa shape index (κ3) is 2.77. The van der Waals surface area contributed by atoms with Crippen molar-refractivity contribution in [1.29, 1.82) is 0 Å². The minimum Gasteiger partial charge on any atom is -0.502 e. The van der Waals surface area contributed by atoms with Crippen LogP contribution in [0, 0.1) is 0 Å². The van der Waals surface area contributed by atoms with Crippen molar-refractivity contribution < 1.29 is 32.6 Å². The maximum Gasteiger partial charge on any atom is 0.416 e. The number of pyridine rings is 1. The Labute approximate surface area is 155 Å². The molecule has 0 saturated heterocycles. The van der Waals surface area contributed by atoms with Crippen molar-refractivity contribution in [3.05, 3.63) is 59.9 Å². The van der Waals surface area contributed by atoms with Gasteiger partial charge < -0.3 is 19.9 Å². The average molecular weight is 388 g/mol. The predicted molar refractivity (Wildman–Crippen MR) is 93.4 cm³/mol. The monoisotopic (exact) mass is 388 g/mol. The van der Waals surface area contributed by atoms with Crippen LogP contribution in [0.15, 0.2) is 53.2 Å². The molecule has 0 spiro atoms. The van der Waals surface area contributed by atoms with Gasteiger partial charge in [-0.3, -0.25) is 9.78 Å². The molecule has 0 saturated carbocycles. The molecule has 4 aromatic rings. The van der Waals surface area contributed by atoms with Gasteiger partial charge in [0.25, 0.3) is 5.91 Å². The molecule has 1 amide bonds. The number of aromatic hydroxyl groups is 2. The lowest BCUT2D eigenvalue weighted by atomic mass is 9.99. The number of furan rings is 2. The van der Waals surface area contributed by atoms with E-state index in [1.165, 1.54) is 24.5 Å². The van der Waals surface area contributed by atoms with Crippen molar-refractivity contribution in [2.75, 3.05) is 5.32 Å². The third-order valence-corrected chi connectivity index (χ3v) is 4.21. The van der Waals surface area contributed by atoms with E-state index in [-0.39, 0.29) is 28.0 Å². The van der Waals surface area contributed by atoms with Crippen LogP contribution in [-0.4, -0.2) is 21.1 Å². The summed E-state index contributed by atoms with van der Waals surface area (Å²) in [4.78, 5) is 16.7. The number of nitrogens with one attached hydrogen (secondary N) is 1. The van der Waals surface area contributed by atoms with E-state index in [0.717, 1.165) is 12.1 Å². The van der Waals surface area contributed by atoms with E-state index < -0.39 is 29.1 Å². The molecule has 2 bridgehead atoms. The summed E-state index contributed by atoms with van der Waals surface area (Å²) in [6, 6.07) is 7.28. The Bertz CT molecular complexity index is 1170. The Morgan fingerprint density at radius 3 is 2.39 bits per heavy atom. The fourth-order valence-electron chi connectivity index (χ4n) is 2.96. The molecule has 3 N–H and O–H groups in total. The predicted octanol–water partition coefficient (Wildman–Crippen LogP) is 4.61. The van der Waals surface area contributed by atoms with E-state index in [2.05, 4.69) is 10.3 Å². The number of phenolic OH excluding ortho intramolecular Hbond substituents is 2. The summed E-state index contributed by atoms with van der Waals surface area (Å²) in [5.41, 5.74) is -0.779. The molecule has 0 aliphatic rings. The second-order valence-electron chi connectivity index (χ2n) is 5.98. The van der Waals surface area contributed by atoms with Crippen LogP contribution in [0.1, 0.15) is 15.9 Å². The highest BCUT2D eigenvalue weighted by molar-refractivity contribution is 6.19. The summed E-state index contributed by atoms with van der Waals surface area (Å²) in [5.74, 6) is -1.92. The number of carbonyl (C=O) groups excluding carboxylic acids is 1. The first-order valence-electron chi connectivity index (χ1n) is 7.96. The maximum atomic E-state index is 12.9. The quantitative estimate of drug-likeness (QED) is 0.445. The Hall–Kier alpha value is -3.75. The maximum absolute atomic E-state index is 12.9. The van der Waals surface area contributed by atoms with Crippen molar-refractivity contribution in [3.8, 4) is 22.6 Å². The minimum atomic E-state index is -4.56. The van der Waals surface area contributed by atoms with Gasteiger partial charge in [0.2, 0.25) is 11.5 Å². The highest BCUT2D eigenvalue weighted by Crippen LogP contribution is 2.50. The van der Waals surface area contributed by atoms with Crippen LogP contribution < -0.4 is 5.32 Å². The van der Waals surface area contributed by atoms with Crippen molar-refractivity contribution in [1.82, 2.24) is 4.98 Å². The van der Waals surface area contributed by atoms with Crippen LogP contribution in [-0.2, 0) is 6.18 Å². The van der Waals surface area contributed by atoms with Gasteiger partial charge in [-0.05, 0) is 35.9 Å². The number of nitrogens with zero attached hydrogens (tertiary/aromatic N) is 1. The van der Waals surface area contributed by atoms with Crippen LogP contribution >= 0.6 is 0 Å². The van der Waals surface area contributed by atoms with Gasteiger partial charge in [0, 0.05) is 23.6 Å². The molecule has 4 rings (SSSR count). The number of phenols is 2. The molecular weight excluding hydrogens is 377 g/mol. The largest absolute Gasteiger partial charge is 0.502 e. The van der Waals surface area contributed by atoms with Crippen molar-refractivity contribution in [3.63, 3.8) is 0 Å². The fourth-order valence-corrected chi connectivity index (χ4v) is 2.96. The van der Waals surface area contributed by atoms with Gasteiger partial charge in [0.15, 0.2) is 11.2 Å². The average Bonchev–Trinajstić information content (AvgIpc) is 3.19. The fraction of sp³-hybridized carbons (Fsp3) is 0.0526. The number of halogens is 3. The van der Waals surface area contributed by atoms with E-state index in [0.29, 0.717) is 5.56 Å². The molecule has 0 atom stereocenters. The molecule has 9 heteroatoms. The lowest BCUT2D eigenvalue weighted by Gasteiger charge is -2.11. The molecule has 3 aromatic heterocycles. The van der Waals surface area contributed by atoms with E-state index in [1.807, 2.05) is 0 Å². The first kappa shape index (κ1) is 17.7. The lowest BCUT2D eigenvalue weighted by molar-refractivity contribution is -0.137. The molecule has 0 fully saturated rings. The standard InChI is InChI=1S/C19H11F3N2O4/c20-19(21,22)10-2-1-3-11(8-10)24-18(27)13-12(9-4-6-23-7-5-9)16-14(25)15(26)17(13)28-16/h1-8,25-26H,(H,24,27). The Morgan fingerprint density at radius 1 is 1.04 bits per heavy atom. The second-order valence-corrected chi connectivity index (χ2v) is 5.98. The van der Waals surface area contributed by atoms with Crippen LogP contribution in [0.25, 0.3) is 22.3 Å². The SMILES string of the molecule is O=C(Nc1cccc(C(F)(F)F)c1)c1c(-c2ccncc2)c2oc1c(O)c2O. The number of hydrogen-bond donors (Lipinski definition) is 3. The topological polar surface area (TPSA) is 95.6 Å². The number of alkyl halides is 3. The van der Waals surface area contributed by atoms with Gasteiger partial charge in [0.1, 0.15) is 0 Å². The first-order valence-corrected chi connectivity index (χ1v) is 7.96. The molecule has 3 heterocycles. The molecule has 0 radical (unpaired) electrons. The van der Waals surface area contributed by atoms with Gasteiger partial charge in [-0.15, -0.1) is 0 Å². The number of amides is 1.